The van der Waals surface area contributed by atoms with E-state index in [2.05, 4.69) is 30.1 Å². The molecular formula is C15H23ClN2O2. The van der Waals surface area contributed by atoms with Gasteiger partial charge in [-0.05, 0) is 17.7 Å². The van der Waals surface area contributed by atoms with Gasteiger partial charge in [-0.15, -0.1) is 0 Å². The average Bonchev–Trinajstić information content (AvgIpc) is 2.45. The van der Waals surface area contributed by atoms with Crippen molar-refractivity contribution in [2.75, 3.05) is 31.3 Å². The van der Waals surface area contributed by atoms with Gasteiger partial charge in [-0.2, -0.15) is 0 Å². The molecule has 0 radical (unpaired) electrons. The van der Waals surface area contributed by atoms with Gasteiger partial charge in [0.1, 0.15) is 0 Å². The van der Waals surface area contributed by atoms with Gasteiger partial charge in [0, 0.05) is 29.8 Å². The van der Waals surface area contributed by atoms with Crippen molar-refractivity contribution in [2.24, 2.45) is 0 Å². The summed E-state index contributed by atoms with van der Waals surface area (Å²) in [4.78, 5) is 2.20. The van der Waals surface area contributed by atoms with Crippen LogP contribution in [0.5, 0.6) is 0 Å². The summed E-state index contributed by atoms with van der Waals surface area (Å²) < 4.78 is 5.44. The minimum atomic E-state index is 0.0000154. The minimum Gasteiger partial charge on any atom is -0.394 e. The van der Waals surface area contributed by atoms with Gasteiger partial charge < -0.3 is 20.1 Å². The Morgan fingerprint density at radius 3 is 3.00 bits per heavy atom. The minimum absolute atomic E-state index is 0.0000154. The molecule has 5 heteroatoms. The fourth-order valence-corrected chi connectivity index (χ4v) is 2.56. The van der Waals surface area contributed by atoms with Crippen LogP contribution in [-0.2, 0) is 11.3 Å². The van der Waals surface area contributed by atoms with E-state index < -0.39 is 0 Å². The molecule has 4 nitrogen and oxygen atoms in total. The molecule has 1 aromatic rings. The number of aliphatic hydroxyl groups is 1. The molecule has 1 aromatic carbocycles. The zero-order valence-corrected chi connectivity index (χ0v) is 12.9. The summed E-state index contributed by atoms with van der Waals surface area (Å²) in [6.07, 6.45) is 0. The number of halogens is 1. The number of benzene rings is 1. The molecule has 1 saturated heterocycles. The molecule has 0 bridgehead atoms. The Balaban J connectivity index is 2.25. The normalized spacial score (nSPS) is 19.6. The lowest BCUT2D eigenvalue weighted by Gasteiger charge is -2.37. The van der Waals surface area contributed by atoms with E-state index in [1.54, 1.807) is 0 Å². The summed E-state index contributed by atoms with van der Waals surface area (Å²) in [7, 11) is 0. The van der Waals surface area contributed by atoms with Crippen molar-refractivity contribution < 1.29 is 9.84 Å². The molecule has 0 spiro atoms. The van der Waals surface area contributed by atoms with Gasteiger partial charge in [-0.3, -0.25) is 0 Å². The van der Waals surface area contributed by atoms with Crippen LogP contribution in [0.3, 0.4) is 0 Å². The van der Waals surface area contributed by atoms with E-state index in [9.17, 15) is 5.11 Å². The Kier molecular flexibility index (Phi) is 5.66. The molecular weight excluding hydrogens is 276 g/mol. The maximum Gasteiger partial charge on any atom is 0.0755 e. The monoisotopic (exact) mass is 298 g/mol. The lowest BCUT2D eigenvalue weighted by Crippen LogP contribution is -2.48. The van der Waals surface area contributed by atoms with Gasteiger partial charge in [0.25, 0.3) is 0 Å². The molecule has 0 aromatic heterocycles. The van der Waals surface area contributed by atoms with Crippen LogP contribution in [0, 0.1) is 0 Å². The molecule has 0 saturated carbocycles. The molecule has 2 rings (SSSR count). The summed E-state index contributed by atoms with van der Waals surface area (Å²) in [5.74, 6) is 0. The maximum absolute atomic E-state index is 9.53. The van der Waals surface area contributed by atoms with Crippen molar-refractivity contribution in [2.45, 2.75) is 32.5 Å². The van der Waals surface area contributed by atoms with Crippen molar-refractivity contribution in [1.82, 2.24) is 5.32 Å². The van der Waals surface area contributed by atoms with Crippen LogP contribution in [0.25, 0.3) is 0 Å². The lowest BCUT2D eigenvalue weighted by molar-refractivity contribution is 0.0726. The number of morpholine rings is 1. The van der Waals surface area contributed by atoms with E-state index in [0.717, 1.165) is 23.8 Å². The first kappa shape index (κ1) is 15.6. The fraction of sp³-hybridized carbons (Fsp3) is 0.600. The van der Waals surface area contributed by atoms with Crippen LogP contribution in [0.1, 0.15) is 19.4 Å². The lowest BCUT2D eigenvalue weighted by atomic mass is 10.1. The predicted molar refractivity (Wildman–Crippen MR) is 82.5 cm³/mol. The molecule has 1 unspecified atom stereocenters. The van der Waals surface area contributed by atoms with E-state index in [1.165, 1.54) is 5.56 Å². The summed E-state index contributed by atoms with van der Waals surface area (Å²) >= 11 is 6.15. The van der Waals surface area contributed by atoms with Gasteiger partial charge in [0.2, 0.25) is 0 Å². The van der Waals surface area contributed by atoms with Crippen LogP contribution in [0.15, 0.2) is 18.2 Å². The van der Waals surface area contributed by atoms with Gasteiger partial charge in [0.15, 0.2) is 0 Å². The van der Waals surface area contributed by atoms with Gasteiger partial charge >= 0.3 is 0 Å². The van der Waals surface area contributed by atoms with E-state index >= 15 is 0 Å². The molecule has 1 heterocycles. The SMILES string of the molecule is CC(C)NCc1ccc(Cl)cc1N1CCOCC1CO. The van der Waals surface area contributed by atoms with Crippen molar-refractivity contribution in [3.63, 3.8) is 0 Å². The van der Waals surface area contributed by atoms with Crippen LogP contribution in [0.4, 0.5) is 5.69 Å². The first-order valence-corrected chi connectivity index (χ1v) is 7.46. The van der Waals surface area contributed by atoms with Crippen LogP contribution < -0.4 is 10.2 Å². The molecule has 20 heavy (non-hydrogen) atoms. The van der Waals surface area contributed by atoms with Crippen molar-refractivity contribution in [3.8, 4) is 0 Å². The second kappa shape index (κ2) is 7.27. The Hall–Kier alpha value is -0.810. The van der Waals surface area contributed by atoms with E-state index in [4.69, 9.17) is 16.3 Å². The first-order valence-electron chi connectivity index (χ1n) is 7.09. The molecule has 1 aliphatic heterocycles. The second-order valence-electron chi connectivity index (χ2n) is 5.41. The molecule has 112 valence electrons. The van der Waals surface area contributed by atoms with Gasteiger partial charge in [-0.1, -0.05) is 31.5 Å². The molecule has 0 amide bonds. The Morgan fingerprint density at radius 1 is 1.50 bits per heavy atom. The third-order valence-electron chi connectivity index (χ3n) is 3.50. The highest BCUT2D eigenvalue weighted by molar-refractivity contribution is 6.30. The number of nitrogens with one attached hydrogen (secondary N) is 1. The van der Waals surface area contributed by atoms with E-state index in [1.807, 2.05) is 12.1 Å². The Bertz CT molecular complexity index is 440. The van der Waals surface area contributed by atoms with Crippen molar-refractivity contribution in [3.05, 3.63) is 28.8 Å². The highest BCUT2D eigenvalue weighted by Gasteiger charge is 2.24. The molecule has 1 fully saturated rings. The molecule has 0 aliphatic carbocycles. The summed E-state index contributed by atoms with van der Waals surface area (Å²) in [5, 5.41) is 13.7. The third kappa shape index (κ3) is 3.85. The number of hydrogen-bond donors (Lipinski definition) is 2. The number of hydrogen-bond acceptors (Lipinski definition) is 4. The second-order valence-corrected chi connectivity index (χ2v) is 5.85. The molecule has 1 aliphatic rings. The first-order chi connectivity index (χ1) is 9.61. The molecule has 1 atom stereocenters. The third-order valence-corrected chi connectivity index (χ3v) is 3.73. The summed E-state index contributed by atoms with van der Waals surface area (Å²) in [6, 6.07) is 6.37. The topological polar surface area (TPSA) is 44.7 Å². The number of anilines is 1. The predicted octanol–water partition coefficient (Wildman–Crippen LogP) is 2.04. The quantitative estimate of drug-likeness (QED) is 0.873. The average molecular weight is 299 g/mol. The van der Waals surface area contributed by atoms with Crippen molar-refractivity contribution in [1.29, 1.82) is 0 Å². The van der Waals surface area contributed by atoms with Crippen LogP contribution >= 0.6 is 11.6 Å². The largest absolute Gasteiger partial charge is 0.394 e. The number of rotatable bonds is 5. The van der Waals surface area contributed by atoms with Gasteiger partial charge in [-0.25, -0.2) is 0 Å². The van der Waals surface area contributed by atoms with Crippen LogP contribution in [-0.4, -0.2) is 43.6 Å². The smallest absolute Gasteiger partial charge is 0.0755 e. The maximum atomic E-state index is 9.53. The fourth-order valence-electron chi connectivity index (χ4n) is 2.39. The van der Waals surface area contributed by atoms with E-state index in [0.29, 0.717) is 19.3 Å². The standard InChI is InChI=1S/C15H23ClN2O2/c1-11(2)17-8-12-3-4-13(16)7-15(12)18-5-6-20-10-14(18)9-19/h3-4,7,11,14,17,19H,5-6,8-10H2,1-2H3. The number of ether oxygens (including phenoxy) is 1. The number of nitrogens with zero attached hydrogens (tertiary/aromatic N) is 1. The van der Waals surface area contributed by atoms with Crippen molar-refractivity contribution >= 4 is 17.3 Å². The van der Waals surface area contributed by atoms with Gasteiger partial charge in [0.05, 0.1) is 25.9 Å². The Morgan fingerprint density at radius 2 is 2.30 bits per heavy atom. The summed E-state index contributed by atoms with van der Waals surface area (Å²) in [5.41, 5.74) is 2.29. The number of aliphatic hydroxyl groups excluding tert-OH is 1. The zero-order valence-electron chi connectivity index (χ0n) is 12.1. The van der Waals surface area contributed by atoms with E-state index in [-0.39, 0.29) is 12.6 Å². The zero-order chi connectivity index (χ0) is 14.5. The molecule has 2 N–H and O–H groups in total. The summed E-state index contributed by atoms with van der Waals surface area (Å²) in [6.45, 7) is 7.14. The highest BCUT2D eigenvalue weighted by Crippen LogP contribution is 2.28. The van der Waals surface area contributed by atoms with Crippen LogP contribution in [0.2, 0.25) is 5.02 Å². The highest BCUT2D eigenvalue weighted by atomic mass is 35.5. The Labute approximate surface area is 125 Å².